The molecule has 0 atom stereocenters. The van der Waals surface area contributed by atoms with Gasteiger partial charge in [-0.25, -0.2) is 13.1 Å². The molecular weight excluding hydrogens is 340 g/mol. The molecule has 0 unspecified atom stereocenters. The largest absolute Gasteiger partial charge is 0.326 e. The first-order valence-corrected chi connectivity index (χ1v) is 9.12. The Kier molecular flexibility index (Phi) is 6.64. The molecule has 0 aliphatic carbocycles. The summed E-state index contributed by atoms with van der Waals surface area (Å²) in [4.78, 5) is 0.304. The Labute approximate surface area is 130 Å². The first-order chi connectivity index (χ1) is 9.35. The van der Waals surface area contributed by atoms with Crippen molar-refractivity contribution < 1.29 is 8.42 Å². The van der Waals surface area contributed by atoms with Crippen molar-refractivity contribution in [3.8, 4) is 0 Å². The molecule has 4 nitrogen and oxygen atoms in total. The number of hydrogen-bond donors (Lipinski definition) is 2. The van der Waals surface area contributed by atoms with Gasteiger partial charge in [0, 0.05) is 17.6 Å². The lowest BCUT2D eigenvalue weighted by Gasteiger charge is -2.16. The van der Waals surface area contributed by atoms with Crippen LogP contribution in [0.15, 0.2) is 21.5 Å². The third-order valence-electron chi connectivity index (χ3n) is 3.60. The van der Waals surface area contributed by atoms with E-state index in [2.05, 4.69) is 34.5 Å². The van der Waals surface area contributed by atoms with Crippen LogP contribution in [0, 0.1) is 12.8 Å². The molecule has 0 heterocycles. The van der Waals surface area contributed by atoms with Gasteiger partial charge >= 0.3 is 0 Å². The van der Waals surface area contributed by atoms with E-state index in [1.807, 2.05) is 6.07 Å². The van der Waals surface area contributed by atoms with Gasteiger partial charge in [-0.05, 0) is 36.1 Å². The van der Waals surface area contributed by atoms with E-state index in [1.165, 1.54) is 0 Å². The zero-order valence-electron chi connectivity index (χ0n) is 12.2. The Morgan fingerprint density at radius 1 is 1.30 bits per heavy atom. The fourth-order valence-corrected chi connectivity index (χ4v) is 4.06. The van der Waals surface area contributed by atoms with Gasteiger partial charge < -0.3 is 5.73 Å². The van der Waals surface area contributed by atoms with Gasteiger partial charge in [0.25, 0.3) is 0 Å². The molecule has 0 saturated carbocycles. The van der Waals surface area contributed by atoms with Crippen molar-refractivity contribution >= 4 is 26.0 Å². The Balaban J connectivity index is 3.06. The van der Waals surface area contributed by atoms with Gasteiger partial charge in [-0.15, -0.1) is 0 Å². The van der Waals surface area contributed by atoms with E-state index in [9.17, 15) is 8.42 Å². The van der Waals surface area contributed by atoms with E-state index in [0.29, 0.717) is 29.5 Å². The summed E-state index contributed by atoms with van der Waals surface area (Å²) in [5, 5.41) is 0. The van der Waals surface area contributed by atoms with Crippen LogP contribution < -0.4 is 10.5 Å². The fourth-order valence-electron chi connectivity index (χ4n) is 1.99. The number of nitrogens with one attached hydrogen (secondary N) is 1. The zero-order valence-corrected chi connectivity index (χ0v) is 14.6. The summed E-state index contributed by atoms with van der Waals surface area (Å²) in [6.45, 7) is 6.71. The summed E-state index contributed by atoms with van der Waals surface area (Å²) in [5.74, 6) is 0.367. The number of sulfonamides is 1. The molecule has 0 amide bonds. The summed E-state index contributed by atoms with van der Waals surface area (Å²) in [6.07, 6.45) is 1.93. The lowest BCUT2D eigenvalue weighted by molar-refractivity contribution is 0.478. The number of halogens is 1. The van der Waals surface area contributed by atoms with Crippen LogP contribution in [0.5, 0.6) is 0 Å². The Bertz CT molecular complexity index is 555. The Morgan fingerprint density at radius 3 is 2.40 bits per heavy atom. The zero-order chi connectivity index (χ0) is 15.3. The normalized spacial score (nSPS) is 12.1. The predicted octanol–water partition coefficient (Wildman–Crippen LogP) is 2.93. The van der Waals surface area contributed by atoms with Crippen molar-refractivity contribution in [2.75, 3.05) is 6.54 Å². The molecule has 0 bridgehead atoms. The van der Waals surface area contributed by atoms with E-state index in [0.717, 1.165) is 22.9 Å². The molecule has 114 valence electrons. The first-order valence-electron chi connectivity index (χ1n) is 6.84. The maximum Gasteiger partial charge on any atom is 0.240 e. The standard InChI is InChI=1S/C14H23BrN2O2S/c1-4-11(5-2)9-17-20(18,19)14-7-12(8-16)6-13(15)10(14)3/h6-7,11,17H,4-5,8-9,16H2,1-3H3. The number of rotatable bonds is 7. The van der Waals surface area contributed by atoms with Crippen molar-refractivity contribution in [1.29, 1.82) is 0 Å². The molecule has 0 saturated heterocycles. The minimum absolute atomic E-state index is 0.304. The molecule has 0 radical (unpaired) electrons. The van der Waals surface area contributed by atoms with Crippen LogP contribution in [0.4, 0.5) is 0 Å². The van der Waals surface area contributed by atoms with Crippen LogP contribution in [0.25, 0.3) is 0 Å². The van der Waals surface area contributed by atoms with E-state index >= 15 is 0 Å². The number of hydrogen-bond acceptors (Lipinski definition) is 3. The summed E-state index contributed by atoms with van der Waals surface area (Å²) in [5.41, 5.74) is 7.11. The minimum atomic E-state index is -3.50. The van der Waals surface area contributed by atoms with Crippen molar-refractivity contribution in [2.45, 2.75) is 45.1 Å². The predicted molar refractivity (Wildman–Crippen MR) is 86.0 cm³/mol. The molecule has 1 aromatic carbocycles. The van der Waals surface area contributed by atoms with Crippen molar-refractivity contribution in [3.05, 3.63) is 27.7 Å². The lowest BCUT2D eigenvalue weighted by Crippen LogP contribution is -2.29. The average molecular weight is 363 g/mol. The van der Waals surface area contributed by atoms with Crippen LogP contribution in [0.2, 0.25) is 0 Å². The van der Waals surface area contributed by atoms with Crippen LogP contribution >= 0.6 is 15.9 Å². The highest BCUT2D eigenvalue weighted by Crippen LogP contribution is 2.25. The van der Waals surface area contributed by atoms with Gasteiger partial charge in [0.1, 0.15) is 0 Å². The molecular formula is C14H23BrN2O2S. The van der Waals surface area contributed by atoms with Crippen LogP contribution in [0.3, 0.4) is 0 Å². The van der Waals surface area contributed by atoms with Gasteiger partial charge in [-0.3, -0.25) is 0 Å². The Morgan fingerprint density at radius 2 is 1.90 bits per heavy atom. The number of nitrogens with two attached hydrogens (primary N) is 1. The smallest absolute Gasteiger partial charge is 0.240 e. The van der Waals surface area contributed by atoms with Crippen molar-refractivity contribution in [1.82, 2.24) is 4.72 Å². The first kappa shape index (κ1) is 17.6. The number of benzene rings is 1. The van der Waals surface area contributed by atoms with Crippen LogP contribution in [0.1, 0.15) is 37.8 Å². The lowest BCUT2D eigenvalue weighted by atomic mass is 10.0. The van der Waals surface area contributed by atoms with E-state index in [4.69, 9.17) is 5.73 Å². The van der Waals surface area contributed by atoms with Crippen LogP contribution in [-0.2, 0) is 16.6 Å². The van der Waals surface area contributed by atoms with Gasteiger partial charge in [0.2, 0.25) is 10.0 Å². The maximum absolute atomic E-state index is 12.4. The van der Waals surface area contributed by atoms with Gasteiger partial charge in [-0.1, -0.05) is 42.6 Å². The molecule has 0 aliphatic heterocycles. The minimum Gasteiger partial charge on any atom is -0.326 e. The molecule has 6 heteroatoms. The van der Waals surface area contributed by atoms with Crippen LogP contribution in [-0.4, -0.2) is 15.0 Å². The second-order valence-electron chi connectivity index (χ2n) is 4.94. The molecule has 0 aromatic heterocycles. The maximum atomic E-state index is 12.4. The summed E-state index contributed by atoms with van der Waals surface area (Å²) >= 11 is 3.39. The molecule has 1 rings (SSSR count). The second-order valence-corrected chi connectivity index (χ2v) is 7.53. The van der Waals surface area contributed by atoms with Crippen molar-refractivity contribution in [2.24, 2.45) is 11.7 Å². The summed E-state index contributed by atoms with van der Waals surface area (Å²) in [7, 11) is -3.50. The SMILES string of the molecule is CCC(CC)CNS(=O)(=O)c1cc(CN)cc(Br)c1C. The molecule has 0 aliphatic rings. The van der Waals surface area contributed by atoms with E-state index in [1.54, 1.807) is 13.0 Å². The van der Waals surface area contributed by atoms with Gasteiger partial charge in [-0.2, -0.15) is 0 Å². The third-order valence-corrected chi connectivity index (χ3v) is 5.97. The van der Waals surface area contributed by atoms with Gasteiger partial charge in [0.05, 0.1) is 4.90 Å². The molecule has 3 N–H and O–H groups in total. The second kappa shape index (κ2) is 7.54. The van der Waals surface area contributed by atoms with E-state index in [-0.39, 0.29) is 0 Å². The molecule has 0 spiro atoms. The summed E-state index contributed by atoms with van der Waals surface area (Å²) in [6, 6.07) is 3.50. The summed E-state index contributed by atoms with van der Waals surface area (Å²) < 4.78 is 28.3. The topological polar surface area (TPSA) is 72.2 Å². The molecule has 20 heavy (non-hydrogen) atoms. The molecule has 0 fully saturated rings. The van der Waals surface area contributed by atoms with Crippen molar-refractivity contribution in [3.63, 3.8) is 0 Å². The monoisotopic (exact) mass is 362 g/mol. The highest BCUT2D eigenvalue weighted by Gasteiger charge is 2.20. The molecule has 1 aromatic rings. The Hall–Kier alpha value is -0.430. The highest BCUT2D eigenvalue weighted by molar-refractivity contribution is 9.10. The van der Waals surface area contributed by atoms with E-state index < -0.39 is 10.0 Å². The quantitative estimate of drug-likeness (QED) is 0.782. The fraction of sp³-hybridized carbons (Fsp3) is 0.571. The van der Waals surface area contributed by atoms with Gasteiger partial charge in [0.15, 0.2) is 0 Å². The third kappa shape index (κ3) is 4.28. The average Bonchev–Trinajstić information content (AvgIpc) is 2.42. The highest BCUT2D eigenvalue weighted by atomic mass is 79.9.